The fourth-order valence-electron chi connectivity index (χ4n) is 4.29. The number of aromatic nitrogens is 1. The van der Waals surface area contributed by atoms with Crippen molar-refractivity contribution in [1.29, 1.82) is 0 Å². The lowest BCUT2D eigenvalue weighted by atomic mass is 9.81. The Morgan fingerprint density at radius 1 is 1.26 bits per heavy atom. The van der Waals surface area contributed by atoms with Gasteiger partial charge in [0.05, 0.1) is 5.41 Å². The summed E-state index contributed by atoms with van der Waals surface area (Å²) in [6.07, 6.45) is 5.82. The summed E-state index contributed by atoms with van der Waals surface area (Å²) in [6, 6.07) is 7.84. The third kappa shape index (κ3) is 2.27. The highest BCUT2D eigenvalue weighted by Gasteiger charge is 2.51. The second-order valence-corrected chi connectivity index (χ2v) is 6.68. The Bertz CT molecular complexity index is 801. The Hall–Kier alpha value is -2.14. The first-order valence-corrected chi connectivity index (χ1v) is 8.32. The molecule has 3 N–H and O–H groups in total. The van der Waals surface area contributed by atoms with E-state index in [2.05, 4.69) is 15.6 Å². The van der Waals surface area contributed by atoms with Gasteiger partial charge in [-0.15, -0.1) is 0 Å². The van der Waals surface area contributed by atoms with E-state index in [0.29, 0.717) is 18.0 Å². The number of hydrogen-bond acceptors (Lipinski definition) is 3. The molecule has 1 aromatic carbocycles. The molecule has 5 nitrogen and oxygen atoms in total. The highest BCUT2D eigenvalue weighted by Crippen LogP contribution is 2.44. The van der Waals surface area contributed by atoms with Crippen LogP contribution in [0, 0.1) is 5.41 Å². The topological polar surface area (TPSA) is 74.0 Å². The molecule has 1 saturated heterocycles. The van der Waals surface area contributed by atoms with Gasteiger partial charge in [-0.05, 0) is 42.8 Å². The summed E-state index contributed by atoms with van der Waals surface area (Å²) in [6.45, 7) is 1.38. The second-order valence-electron chi connectivity index (χ2n) is 6.68. The minimum absolute atomic E-state index is 0.0925. The van der Waals surface area contributed by atoms with Crippen molar-refractivity contribution >= 4 is 16.7 Å². The number of benzene rings is 1. The third-order valence-electron chi connectivity index (χ3n) is 5.53. The van der Waals surface area contributed by atoms with Crippen LogP contribution in [0.3, 0.4) is 0 Å². The van der Waals surface area contributed by atoms with Crippen LogP contribution in [0.5, 0.6) is 0 Å². The first-order chi connectivity index (χ1) is 11.2. The molecule has 1 aliphatic heterocycles. The summed E-state index contributed by atoms with van der Waals surface area (Å²) in [5.74, 6) is 0.153. The lowest BCUT2D eigenvalue weighted by molar-refractivity contribution is -0.131. The molecule has 120 valence electrons. The number of carbonyl (C=O) groups excluding carboxylic acids is 1. The van der Waals surface area contributed by atoms with E-state index >= 15 is 0 Å². The Kier molecular flexibility index (Phi) is 3.45. The molecule has 2 atom stereocenters. The number of carbonyl (C=O) groups is 1. The quantitative estimate of drug-likeness (QED) is 0.807. The molecule has 0 unspecified atom stereocenters. The fourth-order valence-corrected chi connectivity index (χ4v) is 4.29. The molecule has 2 fully saturated rings. The number of pyridine rings is 1. The van der Waals surface area contributed by atoms with Crippen LogP contribution in [-0.4, -0.2) is 23.5 Å². The van der Waals surface area contributed by atoms with Crippen LogP contribution in [-0.2, 0) is 11.3 Å². The smallest absolute Gasteiger partial charge is 0.255 e. The van der Waals surface area contributed by atoms with Crippen LogP contribution in [0.25, 0.3) is 10.8 Å². The van der Waals surface area contributed by atoms with E-state index < -0.39 is 0 Å². The van der Waals surface area contributed by atoms with E-state index in [0.717, 1.165) is 43.2 Å². The van der Waals surface area contributed by atoms with E-state index in [9.17, 15) is 9.59 Å². The Morgan fingerprint density at radius 2 is 2.09 bits per heavy atom. The number of amides is 1. The molecule has 1 saturated carbocycles. The molecule has 5 heteroatoms. The standard InChI is InChI=1S/C18H21N3O2/c22-16-14-5-2-1-4-13(14)12(10-20-16)11-21-17(23)18-7-3-6-15(18)19-9-8-18/h1-2,4-5,10,15,19H,3,6-9,11H2,(H,20,22)(H,21,23)/t15-,18+/m1/s1. The number of H-pyrrole nitrogens is 1. The normalized spacial score (nSPS) is 26.3. The first kappa shape index (κ1) is 14.5. The van der Waals surface area contributed by atoms with Crippen molar-refractivity contribution in [1.82, 2.24) is 15.6 Å². The number of aromatic amines is 1. The zero-order valence-electron chi connectivity index (χ0n) is 13.0. The van der Waals surface area contributed by atoms with Crippen LogP contribution in [0.4, 0.5) is 0 Å². The molecule has 23 heavy (non-hydrogen) atoms. The molecule has 1 amide bonds. The maximum atomic E-state index is 12.8. The molecular weight excluding hydrogens is 290 g/mol. The van der Waals surface area contributed by atoms with Crippen LogP contribution in [0.15, 0.2) is 35.3 Å². The molecule has 0 spiro atoms. The zero-order chi connectivity index (χ0) is 15.9. The summed E-state index contributed by atoms with van der Waals surface area (Å²) in [7, 11) is 0. The van der Waals surface area contributed by atoms with Gasteiger partial charge in [0.25, 0.3) is 5.56 Å². The van der Waals surface area contributed by atoms with Gasteiger partial charge in [-0.2, -0.15) is 0 Å². The van der Waals surface area contributed by atoms with E-state index in [4.69, 9.17) is 0 Å². The van der Waals surface area contributed by atoms with Gasteiger partial charge in [-0.25, -0.2) is 0 Å². The summed E-state index contributed by atoms with van der Waals surface area (Å²) in [4.78, 5) is 27.4. The average Bonchev–Trinajstić information content (AvgIpc) is 3.15. The zero-order valence-corrected chi connectivity index (χ0v) is 13.0. The van der Waals surface area contributed by atoms with E-state index in [1.165, 1.54) is 0 Å². The molecular formula is C18H21N3O2. The van der Waals surface area contributed by atoms with Crippen LogP contribution in [0.2, 0.25) is 0 Å². The van der Waals surface area contributed by atoms with Crippen molar-refractivity contribution in [2.75, 3.05) is 6.54 Å². The Morgan fingerprint density at radius 3 is 2.96 bits per heavy atom. The van der Waals surface area contributed by atoms with Gasteiger partial charge in [-0.3, -0.25) is 9.59 Å². The van der Waals surface area contributed by atoms with Crippen molar-refractivity contribution in [3.63, 3.8) is 0 Å². The van der Waals surface area contributed by atoms with Crippen molar-refractivity contribution in [3.05, 3.63) is 46.4 Å². The van der Waals surface area contributed by atoms with Gasteiger partial charge in [0.1, 0.15) is 0 Å². The molecule has 0 radical (unpaired) electrons. The van der Waals surface area contributed by atoms with Gasteiger partial charge in [0.2, 0.25) is 5.91 Å². The monoisotopic (exact) mass is 311 g/mol. The fraction of sp³-hybridized carbons (Fsp3) is 0.444. The molecule has 2 aliphatic rings. The summed E-state index contributed by atoms with van der Waals surface area (Å²) in [5, 5.41) is 8.15. The highest BCUT2D eigenvalue weighted by molar-refractivity contribution is 5.87. The predicted octanol–water partition coefficient (Wildman–Crippen LogP) is 1.68. The maximum absolute atomic E-state index is 12.8. The van der Waals surface area contributed by atoms with Gasteiger partial charge >= 0.3 is 0 Å². The van der Waals surface area contributed by atoms with Crippen LogP contribution in [0.1, 0.15) is 31.2 Å². The first-order valence-electron chi connectivity index (χ1n) is 8.32. The second kappa shape index (κ2) is 5.49. The van der Waals surface area contributed by atoms with E-state index in [1.807, 2.05) is 24.3 Å². The predicted molar refractivity (Wildman–Crippen MR) is 89.1 cm³/mol. The largest absolute Gasteiger partial charge is 0.351 e. The van der Waals surface area contributed by atoms with Crippen molar-refractivity contribution in [2.24, 2.45) is 5.41 Å². The van der Waals surface area contributed by atoms with Crippen molar-refractivity contribution in [2.45, 2.75) is 38.3 Å². The molecule has 2 heterocycles. The minimum Gasteiger partial charge on any atom is -0.351 e. The number of fused-ring (bicyclic) bond motifs is 2. The Labute approximate surface area is 134 Å². The summed E-state index contributed by atoms with van der Waals surface area (Å²) >= 11 is 0. The van der Waals surface area contributed by atoms with E-state index in [-0.39, 0.29) is 16.9 Å². The third-order valence-corrected chi connectivity index (χ3v) is 5.53. The van der Waals surface area contributed by atoms with Gasteiger partial charge in [0.15, 0.2) is 0 Å². The number of rotatable bonds is 3. The molecule has 1 aromatic heterocycles. The van der Waals surface area contributed by atoms with Crippen LogP contribution < -0.4 is 16.2 Å². The minimum atomic E-state index is -0.224. The number of hydrogen-bond donors (Lipinski definition) is 3. The summed E-state index contributed by atoms with van der Waals surface area (Å²) < 4.78 is 0. The van der Waals surface area contributed by atoms with Crippen molar-refractivity contribution in [3.8, 4) is 0 Å². The van der Waals surface area contributed by atoms with Crippen LogP contribution >= 0.6 is 0 Å². The SMILES string of the molecule is O=C(NCc1c[nH]c(=O)c2ccccc12)[C@]12CCC[C@H]1NCC2. The molecule has 2 aromatic rings. The molecule has 4 rings (SSSR count). The lowest BCUT2D eigenvalue weighted by Crippen LogP contribution is -2.45. The van der Waals surface area contributed by atoms with Gasteiger partial charge in [0, 0.05) is 24.2 Å². The molecule has 0 bridgehead atoms. The van der Waals surface area contributed by atoms with E-state index in [1.54, 1.807) is 6.20 Å². The van der Waals surface area contributed by atoms with Gasteiger partial charge < -0.3 is 15.6 Å². The highest BCUT2D eigenvalue weighted by atomic mass is 16.2. The van der Waals surface area contributed by atoms with Crippen molar-refractivity contribution < 1.29 is 4.79 Å². The average molecular weight is 311 g/mol. The Balaban J connectivity index is 1.57. The maximum Gasteiger partial charge on any atom is 0.255 e. The summed E-state index contributed by atoms with van der Waals surface area (Å²) in [5.41, 5.74) is 0.633. The lowest BCUT2D eigenvalue weighted by Gasteiger charge is -2.27. The number of nitrogens with one attached hydrogen (secondary N) is 3. The van der Waals surface area contributed by atoms with Gasteiger partial charge in [-0.1, -0.05) is 24.6 Å². The molecule has 1 aliphatic carbocycles.